The van der Waals surface area contributed by atoms with E-state index in [0.717, 1.165) is 44.3 Å². The molecule has 1 N–H and O–H groups in total. The molecule has 0 bridgehead atoms. The molecule has 3 rings (SSSR count). The van der Waals surface area contributed by atoms with Crippen molar-refractivity contribution in [3.8, 4) is 0 Å². The van der Waals surface area contributed by atoms with Crippen molar-refractivity contribution in [3.63, 3.8) is 0 Å². The lowest BCUT2D eigenvalue weighted by molar-refractivity contribution is -0.0103. The third-order valence-corrected chi connectivity index (χ3v) is 5.07. The van der Waals surface area contributed by atoms with Crippen LogP contribution in [0.25, 0.3) is 0 Å². The fourth-order valence-corrected chi connectivity index (χ4v) is 3.65. The number of rotatable bonds is 4. The number of benzene rings is 1. The van der Waals surface area contributed by atoms with Crippen LogP contribution in [0.3, 0.4) is 0 Å². The van der Waals surface area contributed by atoms with Crippen LogP contribution in [-0.4, -0.2) is 43.3 Å². The number of hydrogen-bond donors (Lipinski definition) is 1. The summed E-state index contributed by atoms with van der Waals surface area (Å²) in [5.41, 5.74) is 3.00. The van der Waals surface area contributed by atoms with Gasteiger partial charge >= 0.3 is 0 Å². The molecule has 0 amide bonds. The number of nitrogens with one attached hydrogen (secondary N) is 1. The van der Waals surface area contributed by atoms with E-state index < -0.39 is 0 Å². The summed E-state index contributed by atoms with van der Waals surface area (Å²) in [6.45, 7) is 9.42. The summed E-state index contributed by atoms with van der Waals surface area (Å²) in [7, 11) is 0. The standard InChI is InChI=1S/C17H25ClN2O/c1-17(2,20-7-9-21-10-8-20)12-19-16-6-3-13-11-14(18)4-5-15(13)16/h4-5,11,16,19H,3,6-10,12H2,1-2H3. The fraction of sp³-hybridized carbons (Fsp3) is 0.647. The summed E-state index contributed by atoms with van der Waals surface area (Å²) in [4.78, 5) is 2.53. The van der Waals surface area contributed by atoms with Gasteiger partial charge in [0.25, 0.3) is 0 Å². The van der Waals surface area contributed by atoms with Crippen LogP contribution in [0, 0.1) is 0 Å². The van der Waals surface area contributed by atoms with Gasteiger partial charge in [-0.2, -0.15) is 0 Å². The van der Waals surface area contributed by atoms with Gasteiger partial charge in [0.15, 0.2) is 0 Å². The van der Waals surface area contributed by atoms with Gasteiger partial charge in [-0.15, -0.1) is 0 Å². The van der Waals surface area contributed by atoms with E-state index in [-0.39, 0.29) is 5.54 Å². The molecule has 2 aliphatic rings. The van der Waals surface area contributed by atoms with Crippen LogP contribution in [0.4, 0.5) is 0 Å². The summed E-state index contributed by atoms with van der Waals surface area (Å²) in [5, 5.41) is 4.62. The van der Waals surface area contributed by atoms with Crippen molar-refractivity contribution < 1.29 is 4.74 Å². The van der Waals surface area contributed by atoms with Crippen LogP contribution in [-0.2, 0) is 11.2 Å². The maximum absolute atomic E-state index is 6.08. The molecular formula is C17H25ClN2O. The predicted octanol–water partition coefficient (Wildman–Crippen LogP) is 3.03. The minimum absolute atomic E-state index is 0.166. The fourth-order valence-electron chi connectivity index (χ4n) is 3.45. The molecule has 0 radical (unpaired) electrons. The Hall–Kier alpha value is -0.610. The lowest BCUT2D eigenvalue weighted by Gasteiger charge is -2.41. The highest BCUT2D eigenvalue weighted by molar-refractivity contribution is 6.30. The Morgan fingerprint density at radius 3 is 2.86 bits per heavy atom. The maximum Gasteiger partial charge on any atom is 0.0594 e. The first-order chi connectivity index (χ1) is 10.1. The largest absolute Gasteiger partial charge is 0.379 e. The van der Waals surface area contributed by atoms with Crippen LogP contribution >= 0.6 is 11.6 Å². The summed E-state index contributed by atoms with van der Waals surface area (Å²) in [6, 6.07) is 6.78. The Kier molecular flexibility index (Phi) is 4.55. The van der Waals surface area contributed by atoms with Crippen molar-refractivity contribution in [1.82, 2.24) is 10.2 Å². The summed E-state index contributed by atoms with van der Waals surface area (Å²) >= 11 is 6.08. The van der Waals surface area contributed by atoms with Crippen LogP contribution in [0.5, 0.6) is 0 Å². The van der Waals surface area contributed by atoms with E-state index in [9.17, 15) is 0 Å². The van der Waals surface area contributed by atoms with Crippen LogP contribution < -0.4 is 5.32 Å². The number of morpholine rings is 1. The van der Waals surface area contributed by atoms with E-state index in [2.05, 4.69) is 36.2 Å². The minimum atomic E-state index is 0.166. The van der Waals surface area contributed by atoms with Gasteiger partial charge in [0, 0.05) is 36.2 Å². The van der Waals surface area contributed by atoms with Crippen LogP contribution in [0.2, 0.25) is 5.02 Å². The van der Waals surface area contributed by atoms with Crippen molar-refractivity contribution in [2.75, 3.05) is 32.8 Å². The van der Waals surface area contributed by atoms with E-state index in [1.165, 1.54) is 17.5 Å². The van der Waals surface area contributed by atoms with E-state index in [1.54, 1.807) is 0 Å². The van der Waals surface area contributed by atoms with Gasteiger partial charge in [-0.3, -0.25) is 4.90 Å². The lowest BCUT2D eigenvalue weighted by Crippen LogP contribution is -2.54. The Bertz CT molecular complexity index is 498. The molecule has 1 aromatic carbocycles. The first-order valence-electron chi connectivity index (χ1n) is 7.91. The zero-order chi connectivity index (χ0) is 14.9. The molecule has 0 spiro atoms. The van der Waals surface area contributed by atoms with E-state index in [0.29, 0.717) is 6.04 Å². The molecule has 1 unspecified atom stereocenters. The van der Waals surface area contributed by atoms with Crippen LogP contribution in [0.15, 0.2) is 18.2 Å². The second-order valence-electron chi connectivity index (χ2n) is 6.73. The smallest absolute Gasteiger partial charge is 0.0594 e. The highest BCUT2D eigenvalue weighted by Crippen LogP contribution is 2.33. The molecule has 1 atom stereocenters. The predicted molar refractivity (Wildman–Crippen MR) is 87.0 cm³/mol. The number of aryl methyl sites for hydroxylation is 1. The minimum Gasteiger partial charge on any atom is -0.379 e. The van der Waals surface area contributed by atoms with E-state index in [1.807, 2.05) is 6.07 Å². The normalized spacial score (nSPS) is 23.3. The molecule has 1 aliphatic carbocycles. The molecule has 4 heteroatoms. The van der Waals surface area contributed by atoms with Gasteiger partial charge < -0.3 is 10.1 Å². The van der Waals surface area contributed by atoms with Crippen molar-refractivity contribution in [2.45, 2.75) is 38.3 Å². The van der Waals surface area contributed by atoms with Gasteiger partial charge in [0.05, 0.1) is 13.2 Å². The third-order valence-electron chi connectivity index (χ3n) is 4.83. The highest BCUT2D eigenvalue weighted by atomic mass is 35.5. The van der Waals surface area contributed by atoms with Gasteiger partial charge in [-0.1, -0.05) is 17.7 Å². The Balaban J connectivity index is 1.61. The van der Waals surface area contributed by atoms with Gasteiger partial charge in [0.2, 0.25) is 0 Å². The molecule has 3 nitrogen and oxygen atoms in total. The molecular weight excluding hydrogens is 284 g/mol. The van der Waals surface area contributed by atoms with Gasteiger partial charge in [-0.05, 0) is 49.9 Å². The maximum atomic E-state index is 6.08. The second-order valence-corrected chi connectivity index (χ2v) is 7.16. The zero-order valence-corrected chi connectivity index (χ0v) is 13.7. The van der Waals surface area contributed by atoms with Crippen molar-refractivity contribution in [3.05, 3.63) is 34.3 Å². The monoisotopic (exact) mass is 308 g/mol. The third kappa shape index (κ3) is 3.42. The molecule has 1 saturated heterocycles. The molecule has 116 valence electrons. The first-order valence-corrected chi connectivity index (χ1v) is 8.28. The molecule has 21 heavy (non-hydrogen) atoms. The van der Waals surface area contributed by atoms with Gasteiger partial charge in [0.1, 0.15) is 0 Å². The lowest BCUT2D eigenvalue weighted by atomic mass is 10.0. The quantitative estimate of drug-likeness (QED) is 0.925. The number of halogens is 1. The number of hydrogen-bond acceptors (Lipinski definition) is 3. The molecule has 1 aliphatic heterocycles. The summed E-state index contributed by atoms with van der Waals surface area (Å²) < 4.78 is 5.46. The van der Waals surface area contributed by atoms with Gasteiger partial charge in [-0.25, -0.2) is 0 Å². The Labute approximate surface area is 132 Å². The van der Waals surface area contributed by atoms with Crippen molar-refractivity contribution in [1.29, 1.82) is 0 Å². The van der Waals surface area contributed by atoms with Crippen molar-refractivity contribution in [2.24, 2.45) is 0 Å². The molecule has 1 fully saturated rings. The molecule has 1 heterocycles. The number of ether oxygens (including phenoxy) is 1. The number of nitrogens with zero attached hydrogens (tertiary/aromatic N) is 1. The first kappa shape index (κ1) is 15.3. The Morgan fingerprint density at radius 2 is 2.10 bits per heavy atom. The average molecular weight is 309 g/mol. The number of fused-ring (bicyclic) bond motifs is 1. The SMILES string of the molecule is CC(C)(CNC1CCc2cc(Cl)ccc21)N1CCOCC1. The summed E-state index contributed by atoms with van der Waals surface area (Å²) in [5.74, 6) is 0. The summed E-state index contributed by atoms with van der Waals surface area (Å²) in [6.07, 6.45) is 2.31. The molecule has 0 aromatic heterocycles. The highest BCUT2D eigenvalue weighted by Gasteiger charge is 2.30. The topological polar surface area (TPSA) is 24.5 Å². The second kappa shape index (κ2) is 6.25. The van der Waals surface area contributed by atoms with E-state index in [4.69, 9.17) is 16.3 Å². The average Bonchev–Trinajstić information content (AvgIpc) is 2.88. The molecule has 0 saturated carbocycles. The van der Waals surface area contributed by atoms with Crippen LogP contribution in [0.1, 0.15) is 37.4 Å². The zero-order valence-electron chi connectivity index (χ0n) is 13.0. The van der Waals surface area contributed by atoms with Crippen molar-refractivity contribution >= 4 is 11.6 Å². The van der Waals surface area contributed by atoms with E-state index >= 15 is 0 Å². The molecule has 1 aromatic rings. The Morgan fingerprint density at radius 1 is 1.33 bits per heavy atom.